The van der Waals surface area contributed by atoms with Gasteiger partial charge in [0.1, 0.15) is 23.1 Å². The number of anilines is 2. The molecule has 2 N–H and O–H groups in total. The second-order valence-electron chi connectivity index (χ2n) is 9.51. The lowest BCUT2D eigenvalue weighted by atomic mass is 10.0. The second-order valence-corrected chi connectivity index (χ2v) is 9.51. The van der Waals surface area contributed by atoms with Crippen LogP contribution in [0.15, 0.2) is 60.8 Å². The lowest BCUT2D eigenvalue weighted by Gasteiger charge is -2.35. The third-order valence-corrected chi connectivity index (χ3v) is 7.27. The number of fused-ring (bicyclic) bond motifs is 1. The SMILES string of the molecule is NCCN1CCN(c2cccc(-c3cnc4ccc(N5CCC[C@@H]5c5cccc(F)c5)nn34)n2)CC1. The van der Waals surface area contributed by atoms with E-state index in [1.165, 1.54) is 6.07 Å². The lowest BCUT2D eigenvalue weighted by molar-refractivity contribution is 0.264. The summed E-state index contributed by atoms with van der Waals surface area (Å²) in [5.74, 6) is 1.63. The third-order valence-electron chi connectivity index (χ3n) is 7.27. The highest BCUT2D eigenvalue weighted by molar-refractivity contribution is 5.62. The van der Waals surface area contributed by atoms with Crippen LogP contribution in [-0.4, -0.2) is 70.3 Å². The van der Waals surface area contributed by atoms with Gasteiger partial charge in [-0.3, -0.25) is 4.90 Å². The fourth-order valence-electron chi connectivity index (χ4n) is 5.42. The van der Waals surface area contributed by atoms with E-state index in [1.54, 1.807) is 12.1 Å². The standard InChI is InChI=1S/C27H31FN8/c28-21-5-1-4-20(18-21)23-7-3-12-35(23)27-10-9-25-30-19-24(36(25)32-27)22-6-2-8-26(31-22)34-16-14-33(13-11-29)15-17-34/h1-2,4-6,8-10,18-19,23H,3,7,11-17,29H2/t23-/m1/s1. The van der Waals surface area contributed by atoms with Crippen LogP contribution in [0.5, 0.6) is 0 Å². The Morgan fingerprint density at radius 2 is 1.81 bits per heavy atom. The number of aromatic nitrogens is 4. The first-order chi connectivity index (χ1) is 17.7. The molecule has 0 bridgehead atoms. The molecule has 4 aromatic rings. The highest BCUT2D eigenvalue weighted by Crippen LogP contribution is 2.35. The minimum Gasteiger partial charge on any atom is -0.354 e. The summed E-state index contributed by atoms with van der Waals surface area (Å²) in [6.45, 7) is 6.36. The van der Waals surface area contributed by atoms with Gasteiger partial charge in [0.2, 0.25) is 0 Å². The summed E-state index contributed by atoms with van der Waals surface area (Å²) in [4.78, 5) is 16.6. The van der Waals surface area contributed by atoms with E-state index in [4.69, 9.17) is 15.8 Å². The average molecular weight is 487 g/mol. The normalized spacial score (nSPS) is 18.9. The summed E-state index contributed by atoms with van der Waals surface area (Å²) in [5.41, 5.74) is 9.18. The highest BCUT2D eigenvalue weighted by atomic mass is 19.1. The van der Waals surface area contributed by atoms with E-state index in [2.05, 4.69) is 25.8 Å². The number of hydrogen-bond acceptors (Lipinski definition) is 7. The first-order valence-corrected chi connectivity index (χ1v) is 12.7. The molecule has 8 nitrogen and oxygen atoms in total. The highest BCUT2D eigenvalue weighted by Gasteiger charge is 2.28. The molecule has 9 heteroatoms. The monoisotopic (exact) mass is 486 g/mol. The van der Waals surface area contributed by atoms with E-state index < -0.39 is 0 Å². The zero-order chi connectivity index (χ0) is 24.5. The van der Waals surface area contributed by atoms with Gasteiger partial charge in [0.25, 0.3) is 0 Å². The molecule has 5 heterocycles. The molecule has 0 unspecified atom stereocenters. The fraction of sp³-hybridized carbons (Fsp3) is 0.370. The molecule has 2 aliphatic heterocycles. The Morgan fingerprint density at radius 1 is 0.944 bits per heavy atom. The summed E-state index contributed by atoms with van der Waals surface area (Å²) < 4.78 is 15.8. The van der Waals surface area contributed by atoms with Gasteiger partial charge in [0, 0.05) is 45.8 Å². The molecule has 0 radical (unpaired) electrons. The summed E-state index contributed by atoms with van der Waals surface area (Å²) >= 11 is 0. The molecule has 0 aliphatic carbocycles. The van der Waals surface area contributed by atoms with Gasteiger partial charge in [0.05, 0.1) is 17.9 Å². The van der Waals surface area contributed by atoms with Crippen molar-refractivity contribution in [2.45, 2.75) is 18.9 Å². The number of benzene rings is 1. The fourth-order valence-corrected chi connectivity index (χ4v) is 5.42. The number of hydrogen-bond donors (Lipinski definition) is 1. The van der Waals surface area contributed by atoms with E-state index in [1.807, 2.05) is 41.0 Å². The van der Waals surface area contributed by atoms with Crippen molar-refractivity contribution in [3.63, 3.8) is 0 Å². The number of piperazine rings is 1. The molecule has 2 saturated heterocycles. The average Bonchev–Trinajstić information content (AvgIpc) is 3.57. The van der Waals surface area contributed by atoms with Crippen molar-refractivity contribution in [2.24, 2.45) is 5.73 Å². The van der Waals surface area contributed by atoms with Crippen LogP contribution in [0.2, 0.25) is 0 Å². The number of nitrogens with two attached hydrogens (primary N) is 1. The van der Waals surface area contributed by atoms with Crippen LogP contribution >= 0.6 is 0 Å². The molecule has 36 heavy (non-hydrogen) atoms. The Balaban J connectivity index is 1.29. The maximum absolute atomic E-state index is 13.9. The number of nitrogens with zero attached hydrogens (tertiary/aromatic N) is 7. The largest absolute Gasteiger partial charge is 0.354 e. The Morgan fingerprint density at radius 3 is 2.64 bits per heavy atom. The molecular formula is C27H31FN8. The van der Waals surface area contributed by atoms with Crippen LogP contribution in [0.25, 0.3) is 17.0 Å². The van der Waals surface area contributed by atoms with E-state index in [0.717, 1.165) is 86.3 Å². The minimum absolute atomic E-state index is 0.108. The number of rotatable bonds is 6. The zero-order valence-corrected chi connectivity index (χ0v) is 20.3. The predicted molar refractivity (Wildman–Crippen MR) is 140 cm³/mol. The summed E-state index contributed by atoms with van der Waals surface area (Å²) in [5, 5.41) is 4.98. The van der Waals surface area contributed by atoms with Crippen LogP contribution in [0.4, 0.5) is 16.0 Å². The Hall–Kier alpha value is -3.56. The van der Waals surface area contributed by atoms with E-state index in [-0.39, 0.29) is 11.9 Å². The van der Waals surface area contributed by atoms with Crippen LogP contribution in [-0.2, 0) is 0 Å². The van der Waals surface area contributed by atoms with Gasteiger partial charge in [0.15, 0.2) is 5.65 Å². The van der Waals surface area contributed by atoms with Gasteiger partial charge < -0.3 is 15.5 Å². The van der Waals surface area contributed by atoms with E-state index in [0.29, 0.717) is 6.54 Å². The Kier molecular flexibility index (Phi) is 6.25. The molecule has 2 fully saturated rings. The molecule has 6 rings (SSSR count). The van der Waals surface area contributed by atoms with Gasteiger partial charge >= 0.3 is 0 Å². The second kappa shape index (κ2) is 9.83. The molecule has 2 aliphatic rings. The van der Waals surface area contributed by atoms with Gasteiger partial charge in [-0.2, -0.15) is 0 Å². The topological polar surface area (TPSA) is 78.8 Å². The number of halogens is 1. The third kappa shape index (κ3) is 4.40. The molecular weight excluding hydrogens is 455 g/mol. The van der Waals surface area contributed by atoms with Crippen LogP contribution < -0.4 is 15.5 Å². The van der Waals surface area contributed by atoms with Crippen molar-refractivity contribution in [3.05, 3.63) is 72.2 Å². The lowest BCUT2D eigenvalue weighted by Crippen LogP contribution is -2.48. The quantitative estimate of drug-likeness (QED) is 0.448. The van der Waals surface area contributed by atoms with E-state index in [9.17, 15) is 4.39 Å². The summed E-state index contributed by atoms with van der Waals surface area (Å²) in [6, 6.07) is 17.1. The van der Waals surface area contributed by atoms with E-state index >= 15 is 0 Å². The van der Waals surface area contributed by atoms with Gasteiger partial charge in [-0.05, 0) is 54.8 Å². The molecule has 0 amide bonds. The first-order valence-electron chi connectivity index (χ1n) is 12.7. The maximum Gasteiger partial charge on any atom is 0.154 e. The number of imidazole rings is 1. The summed E-state index contributed by atoms with van der Waals surface area (Å²) in [7, 11) is 0. The predicted octanol–water partition coefficient (Wildman–Crippen LogP) is 3.35. The molecule has 3 aromatic heterocycles. The maximum atomic E-state index is 13.9. The van der Waals surface area contributed by atoms with Crippen LogP contribution in [0.3, 0.4) is 0 Å². The van der Waals surface area contributed by atoms with Crippen molar-refractivity contribution in [2.75, 3.05) is 55.6 Å². The van der Waals surface area contributed by atoms with Crippen molar-refractivity contribution >= 4 is 17.3 Å². The van der Waals surface area contributed by atoms with Crippen molar-refractivity contribution < 1.29 is 4.39 Å². The van der Waals surface area contributed by atoms with Gasteiger partial charge in [-0.15, -0.1) is 5.10 Å². The Labute approximate surface area is 210 Å². The minimum atomic E-state index is -0.202. The van der Waals surface area contributed by atoms with Crippen LogP contribution in [0.1, 0.15) is 24.4 Å². The number of pyridine rings is 1. The molecule has 1 aromatic carbocycles. The van der Waals surface area contributed by atoms with Crippen molar-refractivity contribution in [1.82, 2.24) is 24.5 Å². The van der Waals surface area contributed by atoms with Gasteiger partial charge in [-0.25, -0.2) is 18.9 Å². The molecule has 186 valence electrons. The van der Waals surface area contributed by atoms with Crippen LogP contribution in [0, 0.1) is 5.82 Å². The first kappa shape index (κ1) is 22.9. The van der Waals surface area contributed by atoms with Crippen molar-refractivity contribution in [3.8, 4) is 11.4 Å². The zero-order valence-electron chi connectivity index (χ0n) is 20.3. The smallest absolute Gasteiger partial charge is 0.154 e. The Bertz CT molecular complexity index is 1350. The van der Waals surface area contributed by atoms with Crippen molar-refractivity contribution in [1.29, 1.82) is 0 Å². The molecule has 0 spiro atoms. The molecule has 1 atom stereocenters. The molecule has 0 saturated carbocycles. The summed E-state index contributed by atoms with van der Waals surface area (Å²) in [6.07, 6.45) is 3.85. The van der Waals surface area contributed by atoms with Gasteiger partial charge in [-0.1, -0.05) is 18.2 Å².